The fourth-order valence-corrected chi connectivity index (χ4v) is 2.96. The monoisotopic (exact) mass is 552 g/mol. The van der Waals surface area contributed by atoms with Crippen molar-refractivity contribution in [1.29, 1.82) is 0 Å². The van der Waals surface area contributed by atoms with Crippen LogP contribution >= 0.6 is 0 Å². The van der Waals surface area contributed by atoms with E-state index in [4.69, 9.17) is 28.4 Å². The maximum absolute atomic E-state index is 11.8. The zero-order valence-corrected chi connectivity index (χ0v) is 21.9. The minimum absolute atomic E-state index is 0.00528. The van der Waals surface area contributed by atoms with Crippen molar-refractivity contribution in [1.82, 2.24) is 0 Å². The largest absolute Gasteiger partial charge is 0.463 e. The van der Waals surface area contributed by atoms with E-state index in [1.807, 2.05) is 0 Å². The molecule has 0 aliphatic carbocycles. The number of aliphatic hydroxyl groups is 1. The Kier molecular flexibility index (Phi) is 17.1. The van der Waals surface area contributed by atoms with Crippen molar-refractivity contribution in [3.8, 4) is 0 Å². The molecule has 0 fully saturated rings. The van der Waals surface area contributed by atoms with Gasteiger partial charge < -0.3 is 33.5 Å². The first-order valence-electron chi connectivity index (χ1n) is 11.7. The van der Waals surface area contributed by atoms with Gasteiger partial charge in [-0.2, -0.15) is 0 Å². The Morgan fingerprint density at radius 1 is 0.513 bits per heavy atom. The van der Waals surface area contributed by atoms with Gasteiger partial charge in [0.2, 0.25) is 0 Å². The molecule has 0 bridgehead atoms. The normalized spacial score (nSPS) is 10.8. The lowest BCUT2D eigenvalue weighted by molar-refractivity contribution is -0.161. The summed E-state index contributed by atoms with van der Waals surface area (Å²) in [5, 5.41) is 9.68. The fourth-order valence-electron chi connectivity index (χ4n) is 2.96. The predicted octanol–water partition coefficient (Wildman–Crippen LogP) is 1.39. The van der Waals surface area contributed by atoms with Crippen LogP contribution in [0.3, 0.4) is 0 Å². The number of ether oxygens (including phenoxy) is 6. The maximum atomic E-state index is 11.8. The summed E-state index contributed by atoms with van der Waals surface area (Å²) in [7, 11) is 0. The van der Waals surface area contributed by atoms with Crippen molar-refractivity contribution in [2.24, 2.45) is 10.8 Å². The minimum Gasteiger partial charge on any atom is -0.463 e. The molecule has 12 nitrogen and oxygen atoms in total. The quantitative estimate of drug-likeness (QED) is 0.117. The maximum Gasteiger partial charge on any atom is 0.330 e. The van der Waals surface area contributed by atoms with E-state index in [0.717, 1.165) is 30.4 Å². The van der Waals surface area contributed by atoms with E-state index in [2.05, 4.69) is 32.9 Å². The SMILES string of the molecule is C=CC(=O)OCCC(COCC(CCO)(COC(=O)C=C)COC(=O)C=C)(COC(=O)C=C)COC(=O)C=C. The van der Waals surface area contributed by atoms with Crippen LogP contribution in [-0.4, -0.2) is 87.8 Å². The van der Waals surface area contributed by atoms with Crippen molar-refractivity contribution in [2.45, 2.75) is 12.8 Å². The molecule has 0 aliphatic heterocycles. The second-order valence-electron chi connectivity index (χ2n) is 8.34. The molecule has 0 heterocycles. The minimum atomic E-state index is -1.24. The van der Waals surface area contributed by atoms with Crippen LogP contribution < -0.4 is 0 Å². The van der Waals surface area contributed by atoms with E-state index in [0.29, 0.717) is 0 Å². The van der Waals surface area contributed by atoms with Crippen LogP contribution in [0.2, 0.25) is 0 Å². The number of rotatable bonds is 22. The summed E-state index contributed by atoms with van der Waals surface area (Å²) in [6.07, 6.45) is 4.72. The molecule has 0 unspecified atom stereocenters. The molecular formula is C27H36O12. The highest BCUT2D eigenvalue weighted by atomic mass is 16.6. The molecule has 0 atom stereocenters. The lowest BCUT2D eigenvalue weighted by atomic mass is 9.85. The predicted molar refractivity (Wildman–Crippen MR) is 138 cm³/mol. The Morgan fingerprint density at radius 3 is 1.13 bits per heavy atom. The summed E-state index contributed by atoms with van der Waals surface area (Å²) < 4.78 is 31.7. The lowest BCUT2D eigenvalue weighted by Crippen LogP contribution is -2.43. The van der Waals surface area contributed by atoms with Gasteiger partial charge in [0.15, 0.2) is 0 Å². The Balaban J connectivity index is 6.04. The first kappa shape index (κ1) is 35.0. The van der Waals surface area contributed by atoms with Crippen LogP contribution in [0.25, 0.3) is 0 Å². The van der Waals surface area contributed by atoms with Crippen LogP contribution in [0, 0.1) is 10.8 Å². The summed E-state index contributed by atoms with van der Waals surface area (Å²) in [6, 6.07) is 0. The summed E-state index contributed by atoms with van der Waals surface area (Å²) in [5.74, 6) is -3.73. The van der Waals surface area contributed by atoms with Gasteiger partial charge in [0.1, 0.15) is 26.4 Å². The van der Waals surface area contributed by atoms with Crippen LogP contribution in [-0.2, 0) is 52.4 Å². The molecule has 0 rings (SSSR count). The molecule has 0 aromatic rings. The molecule has 0 saturated heterocycles. The molecule has 216 valence electrons. The summed E-state index contributed by atoms with van der Waals surface area (Å²) >= 11 is 0. The van der Waals surface area contributed by atoms with E-state index in [9.17, 15) is 29.1 Å². The molecule has 12 heteroatoms. The molecule has 0 aromatic heterocycles. The zero-order chi connectivity index (χ0) is 29.7. The second kappa shape index (κ2) is 19.1. The highest BCUT2D eigenvalue weighted by Gasteiger charge is 2.38. The smallest absolute Gasteiger partial charge is 0.330 e. The van der Waals surface area contributed by atoms with Gasteiger partial charge in [0, 0.05) is 37.0 Å². The van der Waals surface area contributed by atoms with Crippen LogP contribution in [0.5, 0.6) is 0 Å². The van der Waals surface area contributed by atoms with Gasteiger partial charge in [-0.1, -0.05) is 32.9 Å². The van der Waals surface area contributed by atoms with Crippen LogP contribution in [0.1, 0.15) is 12.8 Å². The van der Waals surface area contributed by atoms with Crippen LogP contribution in [0.15, 0.2) is 63.3 Å². The van der Waals surface area contributed by atoms with Gasteiger partial charge in [-0.25, -0.2) is 24.0 Å². The second-order valence-corrected chi connectivity index (χ2v) is 8.34. The average Bonchev–Trinajstić information content (AvgIpc) is 2.95. The third kappa shape index (κ3) is 14.5. The molecule has 0 saturated carbocycles. The Labute approximate surface area is 227 Å². The van der Waals surface area contributed by atoms with Gasteiger partial charge in [-0.15, -0.1) is 0 Å². The first-order valence-corrected chi connectivity index (χ1v) is 11.7. The number of hydrogen-bond acceptors (Lipinski definition) is 12. The number of esters is 5. The van der Waals surface area contributed by atoms with Crippen molar-refractivity contribution in [3.05, 3.63) is 63.3 Å². The zero-order valence-electron chi connectivity index (χ0n) is 21.9. The first-order chi connectivity index (χ1) is 18.5. The van der Waals surface area contributed by atoms with Crippen molar-refractivity contribution < 1.29 is 57.5 Å². The number of carbonyl (C=O) groups is 5. The highest BCUT2D eigenvalue weighted by Crippen LogP contribution is 2.29. The van der Waals surface area contributed by atoms with Crippen molar-refractivity contribution >= 4 is 29.8 Å². The Morgan fingerprint density at radius 2 is 0.821 bits per heavy atom. The third-order valence-electron chi connectivity index (χ3n) is 5.25. The van der Waals surface area contributed by atoms with E-state index >= 15 is 0 Å². The van der Waals surface area contributed by atoms with Crippen molar-refractivity contribution in [2.75, 3.05) is 52.9 Å². The van der Waals surface area contributed by atoms with Gasteiger partial charge in [0.25, 0.3) is 0 Å². The summed E-state index contributed by atoms with van der Waals surface area (Å²) in [4.78, 5) is 58.6. The van der Waals surface area contributed by atoms with Gasteiger partial charge in [-0.3, -0.25) is 0 Å². The summed E-state index contributed by atoms with van der Waals surface area (Å²) in [5.41, 5.74) is -2.44. The van der Waals surface area contributed by atoms with Crippen LogP contribution in [0.4, 0.5) is 0 Å². The van der Waals surface area contributed by atoms with E-state index < -0.39 is 40.7 Å². The molecule has 0 radical (unpaired) electrons. The highest BCUT2D eigenvalue weighted by molar-refractivity contribution is 5.82. The van der Waals surface area contributed by atoms with E-state index in [1.54, 1.807) is 0 Å². The molecule has 0 amide bonds. The Hall–Kier alpha value is -4.03. The lowest BCUT2D eigenvalue weighted by Gasteiger charge is -2.35. The molecular weight excluding hydrogens is 516 g/mol. The van der Waals surface area contributed by atoms with Gasteiger partial charge >= 0.3 is 29.8 Å². The topological polar surface area (TPSA) is 161 Å². The van der Waals surface area contributed by atoms with E-state index in [-0.39, 0.29) is 65.7 Å². The van der Waals surface area contributed by atoms with Gasteiger partial charge in [0.05, 0.1) is 30.7 Å². The number of hydrogen-bond donors (Lipinski definition) is 1. The van der Waals surface area contributed by atoms with E-state index in [1.165, 1.54) is 0 Å². The molecule has 0 aromatic carbocycles. The number of aliphatic hydroxyl groups excluding tert-OH is 1. The molecule has 39 heavy (non-hydrogen) atoms. The third-order valence-corrected chi connectivity index (χ3v) is 5.25. The standard InChI is InChI=1S/C27H36O12/c1-6-21(29)35-14-12-27(19-38-24(32)9-4,20-39-25(33)10-5)16-34-15-26(11-13-28,17-36-22(30)7-2)18-37-23(31)8-3/h6-10,28H,1-5,11-20H2. The van der Waals surface area contributed by atoms with Crippen molar-refractivity contribution in [3.63, 3.8) is 0 Å². The molecule has 1 N–H and O–H groups in total. The molecule has 0 aliphatic rings. The number of carbonyl (C=O) groups excluding carboxylic acids is 5. The van der Waals surface area contributed by atoms with Gasteiger partial charge in [-0.05, 0) is 12.8 Å². The summed E-state index contributed by atoms with van der Waals surface area (Å²) in [6.45, 7) is 14.3. The molecule has 0 spiro atoms. The average molecular weight is 553 g/mol. The Bertz CT molecular complexity index is 856. The fraction of sp³-hybridized carbons (Fsp3) is 0.444.